The Balaban J connectivity index is 1.58. The maximum Gasteiger partial charge on any atom is 0.305 e. The van der Waals surface area contributed by atoms with E-state index in [1.54, 1.807) is 0 Å². The van der Waals surface area contributed by atoms with Crippen LogP contribution in [-0.4, -0.2) is 49.2 Å². The number of ether oxygens (including phenoxy) is 1. The Morgan fingerprint density at radius 1 is 1.41 bits per heavy atom. The van der Waals surface area contributed by atoms with Gasteiger partial charge in [-0.25, -0.2) is 0 Å². The van der Waals surface area contributed by atoms with Gasteiger partial charge in [0, 0.05) is 25.0 Å². The molecule has 2 atom stereocenters. The van der Waals surface area contributed by atoms with Crippen LogP contribution in [-0.2, 0) is 9.53 Å². The van der Waals surface area contributed by atoms with Crippen molar-refractivity contribution in [1.82, 2.24) is 10.2 Å². The normalized spacial score (nSPS) is 28.3. The number of fused-ring (bicyclic) bond motifs is 1. The Morgan fingerprint density at radius 3 is 3.12 bits per heavy atom. The highest BCUT2D eigenvalue weighted by Gasteiger charge is 2.36. The van der Waals surface area contributed by atoms with E-state index in [2.05, 4.69) is 10.2 Å². The lowest BCUT2D eigenvalue weighted by Crippen LogP contribution is -2.39. The molecular weight excluding hydrogens is 216 g/mol. The van der Waals surface area contributed by atoms with Gasteiger partial charge in [-0.15, -0.1) is 0 Å². The van der Waals surface area contributed by atoms with Gasteiger partial charge < -0.3 is 10.1 Å². The maximum atomic E-state index is 11.2. The number of esters is 1. The fourth-order valence-electron chi connectivity index (χ4n) is 3.07. The number of hydrogen-bond acceptors (Lipinski definition) is 4. The summed E-state index contributed by atoms with van der Waals surface area (Å²) in [6.07, 6.45) is 5.40. The first kappa shape index (κ1) is 12.8. The van der Waals surface area contributed by atoms with Crippen LogP contribution in [0, 0.1) is 0 Å². The Bertz CT molecular complexity index is 258. The molecule has 2 aliphatic heterocycles. The van der Waals surface area contributed by atoms with Gasteiger partial charge in [0.15, 0.2) is 0 Å². The second kappa shape index (κ2) is 6.36. The van der Waals surface area contributed by atoms with Gasteiger partial charge in [-0.05, 0) is 45.7 Å². The molecule has 2 heterocycles. The summed E-state index contributed by atoms with van der Waals surface area (Å²) in [6.45, 7) is 5.81. The minimum atomic E-state index is -0.0665. The molecular formula is C13H24N2O2. The summed E-state index contributed by atoms with van der Waals surface area (Å²) in [5.74, 6) is -0.0665. The third-order valence-corrected chi connectivity index (χ3v) is 3.88. The molecule has 0 bridgehead atoms. The van der Waals surface area contributed by atoms with E-state index in [-0.39, 0.29) is 5.97 Å². The van der Waals surface area contributed by atoms with Crippen LogP contribution in [0.15, 0.2) is 0 Å². The minimum absolute atomic E-state index is 0.0665. The van der Waals surface area contributed by atoms with Crippen LogP contribution >= 0.6 is 0 Å². The van der Waals surface area contributed by atoms with E-state index in [1.807, 2.05) is 6.92 Å². The Hall–Kier alpha value is -0.610. The molecule has 0 aromatic rings. The van der Waals surface area contributed by atoms with Gasteiger partial charge in [0.05, 0.1) is 6.61 Å². The lowest BCUT2D eigenvalue weighted by Gasteiger charge is -2.21. The van der Waals surface area contributed by atoms with Crippen molar-refractivity contribution in [1.29, 1.82) is 0 Å². The van der Waals surface area contributed by atoms with Crippen molar-refractivity contribution in [3.63, 3.8) is 0 Å². The van der Waals surface area contributed by atoms with Crippen LogP contribution in [0.4, 0.5) is 0 Å². The van der Waals surface area contributed by atoms with Crippen molar-refractivity contribution < 1.29 is 9.53 Å². The molecule has 2 fully saturated rings. The molecule has 4 heteroatoms. The lowest BCUT2D eigenvalue weighted by atomic mass is 10.1. The fraction of sp³-hybridized carbons (Fsp3) is 0.923. The number of carbonyl (C=O) groups excluding carboxylic acids is 1. The molecule has 0 aromatic heterocycles. The number of hydrogen-bond donors (Lipinski definition) is 1. The molecule has 98 valence electrons. The molecule has 0 spiro atoms. The van der Waals surface area contributed by atoms with Crippen LogP contribution < -0.4 is 5.32 Å². The first-order chi connectivity index (χ1) is 8.31. The molecule has 0 radical (unpaired) electrons. The smallest absolute Gasteiger partial charge is 0.305 e. The zero-order chi connectivity index (χ0) is 12.1. The third-order valence-electron chi connectivity index (χ3n) is 3.88. The molecule has 4 nitrogen and oxygen atoms in total. The van der Waals surface area contributed by atoms with Crippen LogP contribution in [0.3, 0.4) is 0 Å². The summed E-state index contributed by atoms with van der Waals surface area (Å²) in [5.41, 5.74) is 0. The van der Waals surface area contributed by atoms with Gasteiger partial charge in [-0.2, -0.15) is 0 Å². The largest absolute Gasteiger partial charge is 0.466 e. The van der Waals surface area contributed by atoms with Gasteiger partial charge in [0.2, 0.25) is 0 Å². The fourth-order valence-corrected chi connectivity index (χ4v) is 3.07. The molecule has 2 rings (SSSR count). The van der Waals surface area contributed by atoms with E-state index in [1.165, 1.54) is 32.4 Å². The van der Waals surface area contributed by atoms with Crippen molar-refractivity contribution in [2.24, 2.45) is 0 Å². The summed E-state index contributed by atoms with van der Waals surface area (Å²) >= 11 is 0. The topological polar surface area (TPSA) is 41.6 Å². The Labute approximate surface area is 104 Å². The summed E-state index contributed by atoms with van der Waals surface area (Å²) in [7, 11) is 0. The predicted molar refractivity (Wildman–Crippen MR) is 66.9 cm³/mol. The minimum Gasteiger partial charge on any atom is -0.466 e. The summed E-state index contributed by atoms with van der Waals surface area (Å²) in [4.78, 5) is 13.8. The highest BCUT2D eigenvalue weighted by atomic mass is 16.5. The van der Waals surface area contributed by atoms with E-state index < -0.39 is 0 Å². The Morgan fingerprint density at radius 2 is 2.29 bits per heavy atom. The van der Waals surface area contributed by atoms with E-state index in [9.17, 15) is 4.79 Å². The van der Waals surface area contributed by atoms with Crippen molar-refractivity contribution in [3.8, 4) is 0 Å². The molecule has 2 saturated heterocycles. The number of nitrogens with zero attached hydrogens (tertiary/aromatic N) is 1. The highest BCUT2D eigenvalue weighted by Crippen LogP contribution is 2.27. The first-order valence-corrected chi connectivity index (χ1v) is 6.94. The van der Waals surface area contributed by atoms with Gasteiger partial charge in [0.25, 0.3) is 0 Å². The average molecular weight is 240 g/mol. The Kier molecular flexibility index (Phi) is 4.80. The number of carbonyl (C=O) groups is 1. The number of rotatable bonds is 6. The summed E-state index contributed by atoms with van der Waals surface area (Å²) < 4.78 is 4.91. The third kappa shape index (κ3) is 3.42. The molecule has 0 saturated carbocycles. The molecule has 0 aromatic carbocycles. The predicted octanol–water partition coefficient (Wildman–Crippen LogP) is 1.16. The van der Waals surface area contributed by atoms with Gasteiger partial charge in [-0.1, -0.05) is 0 Å². The van der Waals surface area contributed by atoms with Crippen LogP contribution in [0.1, 0.15) is 39.0 Å². The van der Waals surface area contributed by atoms with Gasteiger partial charge in [-0.3, -0.25) is 9.69 Å². The molecule has 17 heavy (non-hydrogen) atoms. The van der Waals surface area contributed by atoms with Crippen molar-refractivity contribution >= 4 is 5.97 Å². The van der Waals surface area contributed by atoms with E-state index in [0.29, 0.717) is 19.1 Å². The van der Waals surface area contributed by atoms with Crippen LogP contribution in [0.5, 0.6) is 0 Å². The molecule has 0 aliphatic carbocycles. The lowest BCUT2D eigenvalue weighted by molar-refractivity contribution is -0.143. The second-order valence-electron chi connectivity index (χ2n) is 5.00. The van der Waals surface area contributed by atoms with Crippen molar-refractivity contribution in [3.05, 3.63) is 0 Å². The first-order valence-electron chi connectivity index (χ1n) is 6.94. The average Bonchev–Trinajstić information content (AvgIpc) is 2.88. The van der Waals surface area contributed by atoms with E-state index in [0.717, 1.165) is 19.0 Å². The highest BCUT2D eigenvalue weighted by molar-refractivity contribution is 5.69. The van der Waals surface area contributed by atoms with Crippen molar-refractivity contribution in [2.75, 3.05) is 26.2 Å². The molecule has 0 amide bonds. The van der Waals surface area contributed by atoms with Gasteiger partial charge >= 0.3 is 5.97 Å². The van der Waals surface area contributed by atoms with E-state index in [4.69, 9.17) is 4.74 Å². The van der Waals surface area contributed by atoms with E-state index >= 15 is 0 Å². The van der Waals surface area contributed by atoms with Crippen molar-refractivity contribution in [2.45, 2.75) is 51.1 Å². The quantitative estimate of drug-likeness (QED) is 0.559. The monoisotopic (exact) mass is 240 g/mol. The molecule has 2 unspecified atom stereocenters. The molecule has 1 N–H and O–H groups in total. The van der Waals surface area contributed by atoms with Crippen LogP contribution in [0.2, 0.25) is 0 Å². The number of nitrogens with one attached hydrogen (secondary N) is 1. The maximum absolute atomic E-state index is 11.2. The SMILES string of the molecule is CCOC(=O)CCCNC1CCN2CCCC12. The van der Waals surface area contributed by atoms with Crippen LogP contribution in [0.25, 0.3) is 0 Å². The zero-order valence-electron chi connectivity index (χ0n) is 10.8. The standard InChI is InChI=1S/C13H24N2O2/c1-2-17-13(16)6-3-8-14-11-7-10-15-9-4-5-12(11)15/h11-12,14H,2-10H2,1H3. The van der Waals surface area contributed by atoms with Gasteiger partial charge in [0.1, 0.15) is 0 Å². The summed E-state index contributed by atoms with van der Waals surface area (Å²) in [5, 5.41) is 3.60. The zero-order valence-corrected chi connectivity index (χ0v) is 10.8. The molecule has 2 aliphatic rings. The summed E-state index contributed by atoms with van der Waals surface area (Å²) in [6, 6.07) is 1.41. The second-order valence-corrected chi connectivity index (χ2v) is 5.00.